The summed E-state index contributed by atoms with van der Waals surface area (Å²) in [5, 5.41) is 23.2. The number of rotatable bonds is 61. The van der Waals surface area contributed by atoms with Gasteiger partial charge in [0.05, 0.1) is 25.4 Å². The van der Waals surface area contributed by atoms with E-state index in [2.05, 4.69) is 43.5 Å². The van der Waals surface area contributed by atoms with Crippen LogP contribution in [0.3, 0.4) is 0 Å². The van der Waals surface area contributed by atoms with Gasteiger partial charge < -0.3 is 20.3 Å². The van der Waals surface area contributed by atoms with Gasteiger partial charge in [-0.15, -0.1) is 0 Å². The van der Waals surface area contributed by atoms with Gasteiger partial charge in [-0.2, -0.15) is 0 Å². The molecule has 0 bridgehead atoms. The molecule has 0 aromatic carbocycles. The minimum absolute atomic E-state index is 0.0130. The number of aliphatic hydroxyl groups excluding tert-OH is 2. The molecular formula is C67H127NO5. The summed E-state index contributed by atoms with van der Waals surface area (Å²) in [4.78, 5) is 24.5. The zero-order chi connectivity index (χ0) is 52.9. The molecule has 0 heterocycles. The first-order valence-electron chi connectivity index (χ1n) is 32.8. The quantitative estimate of drug-likeness (QED) is 0.0244. The van der Waals surface area contributed by atoms with Crippen molar-refractivity contribution in [3.05, 3.63) is 36.5 Å². The fourth-order valence-corrected chi connectivity index (χ4v) is 10.2. The molecule has 2 unspecified atom stereocenters. The van der Waals surface area contributed by atoms with Gasteiger partial charge >= 0.3 is 5.97 Å². The van der Waals surface area contributed by atoms with Gasteiger partial charge in [-0.05, 0) is 64.2 Å². The van der Waals surface area contributed by atoms with E-state index >= 15 is 0 Å². The maximum absolute atomic E-state index is 12.5. The van der Waals surface area contributed by atoms with Crippen LogP contribution in [0.1, 0.15) is 354 Å². The number of nitrogens with one attached hydrogen (secondary N) is 1. The Morgan fingerprint density at radius 1 is 0.384 bits per heavy atom. The Kier molecular flexibility index (Phi) is 61.0. The van der Waals surface area contributed by atoms with Crippen LogP contribution in [-0.4, -0.2) is 47.4 Å². The van der Waals surface area contributed by atoms with Gasteiger partial charge in [-0.25, -0.2) is 0 Å². The molecule has 0 aliphatic carbocycles. The van der Waals surface area contributed by atoms with Gasteiger partial charge in [0.2, 0.25) is 5.91 Å². The summed E-state index contributed by atoms with van der Waals surface area (Å²) in [6.07, 6.45) is 79.1. The van der Waals surface area contributed by atoms with Crippen molar-refractivity contribution in [1.29, 1.82) is 0 Å². The van der Waals surface area contributed by atoms with E-state index in [1.165, 1.54) is 250 Å². The lowest BCUT2D eigenvalue weighted by Gasteiger charge is -2.20. The van der Waals surface area contributed by atoms with Crippen LogP contribution in [0.2, 0.25) is 0 Å². The Labute approximate surface area is 455 Å². The van der Waals surface area contributed by atoms with Crippen molar-refractivity contribution in [2.24, 2.45) is 0 Å². The van der Waals surface area contributed by atoms with E-state index < -0.39 is 12.1 Å². The van der Waals surface area contributed by atoms with Crippen LogP contribution in [0.15, 0.2) is 36.5 Å². The predicted octanol–water partition coefficient (Wildman–Crippen LogP) is 20.8. The molecule has 0 spiro atoms. The van der Waals surface area contributed by atoms with Crippen LogP contribution in [0, 0.1) is 0 Å². The highest BCUT2D eigenvalue weighted by Crippen LogP contribution is 2.18. The van der Waals surface area contributed by atoms with Crippen LogP contribution < -0.4 is 5.32 Å². The highest BCUT2D eigenvalue weighted by Gasteiger charge is 2.18. The molecule has 430 valence electrons. The number of carbonyl (C=O) groups is 2. The summed E-state index contributed by atoms with van der Waals surface area (Å²) < 4.78 is 5.45. The third kappa shape index (κ3) is 59.2. The summed E-state index contributed by atoms with van der Waals surface area (Å²) in [7, 11) is 0. The van der Waals surface area contributed by atoms with E-state index in [4.69, 9.17) is 4.74 Å². The number of allylic oxidation sites excluding steroid dienone is 5. The summed E-state index contributed by atoms with van der Waals surface area (Å²) in [6.45, 7) is 4.89. The Morgan fingerprint density at radius 3 is 1.01 bits per heavy atom. The molecule has 2 atom stereocenters. The van der Waals surface area contributed by atoms with Gasteiger partial charge in [-0.1, -0.05) is 314 Å². The molecule has 6 nitrogen and oxygen atoms in total. The Hall–Kier alpha value is -1.92. The van der Waals surface area contributed by atoms with Crippen molar-refractivity contribution in [3.8, 4) is 0 Å². The zero-order valence-electron chi connectivity index (χ0n) is 49.1. The minimum Gasteiger partial charge on any atom is -0.466 e. The average molecular weight is 1030 g/mol. The van der Waals surface area contributed by atoms with Crippen molar-refractivity contribution < 1.29 is 24.5 Å². The van der Waals surface area contributed by atoms with Crippen LogP contribution in [0.5, 0.6) is 0 Å². The van der Waals surface area contributed by atoms with E-state index in [0.717, 1.165) is 77.0 Å². The lowest BCUT2D eigenvalue weighted by Crippen LogP contribution is -2.45. The summed E-state index contributed by atoms with van der Waals surface area (Å²) in [5.74, 6) is -0.0875. The molecule has 0 fully saturated rings. The molecule has 0 aliphatic heterocycles. The Morgan fingerprint density at radius 2 is 0.671 bits per heavy atom. The van der Waals surface area contributed by atoms with Crippen molar-refractivity contribution in [1.82, 2.24) is 5.32 Å². The maximum atomic E-state index is 12.5. The van der Waals surface area contributed by atoms with Gasteiger partial charge in [-0.3, -0.25) is 9.59 Å². The lowest BCUT2D eigenvalue weighted by molar-refractivity contribution is -0.143. The minimum atomic E-state index is -0.853. The Balaban J connectivity index is 3.50. The molecule has 0 aromatic heterocycles. The largest absolute Gasteiger partial charge is 0.466 e. The number of aliphatic hydroxyl groups is 2. The summed E-state index contributed by atoms with van der Waals surface area (Å²) in [6, 6.07) is -0.637. The first-order chi connectivity index (χ1) is 36.0. The molecule has 0 rings (SSSR count). The van der Waals surface area contributed by atoms with Gasteiger partial charge in [0.1, 0.15) is 0 Å². The van der Waals surface area contributed by atoms with E-state index in [1.807, 2.05) is 6.08 Å². The monoisotopic (exact) mass is 1030 g/mol. The number of amides is 1. The number of ether oxygens (including phenoxy) is 1. The predicted molar refractivity (Wildman–Crippen MR) is 319 cm³/mol. The smallest absolute Gasteiger partial charge is 0.305 e. The molecule has 0 aromatic rings. The molecule has 73 heavy (non-hydrogen) atoms. The molecule has 0 saturated heterocycles. The molecule has 3 N–H and O–H groups in total. The fourth-order valence-electron chi connectivity index (χ4n) is 10.2. The van der Waals surface area contributed by atoms with Gasteiger partial charge in [0.25, 0.3) is 0 Å². The second-order valence-electron chi connectivity index (χ2n) is 22.5. The van der Waals surface area contributed by atoms with Crippen molar-refractivity contribution >= 4 is 11.9 Å². The Bertz CT molecular complexity index is 1180. The molecule has 0 saturated carbocycles. The second-order valence-corrected chi connectivity index (χ2v) is 22.5. The number of unbranched alkanes of at least 4 members (excludes halogenated alkanes) is 47. The normalized spacial score (nSPS) is 12.8. The highest BCUT2D eigenvalue weighted by atomic mass is 16.5. The lowest BCUT2D eigenvalue weighted by atomic mass is 10.0. The average Bonchev–Trinajstić information content (AvgIpc) is 3.39. The van der Waals surface area contributed by atoms with Gasteiger partial charge in [0.15, 0.2) is 0 Å². The maximum Gasteiger partial charge on any atom is 0.305 e. The standard InChI is InChI=1S/C67H127NO5/c1-3-5-7-9-11-13-15-17-18-19-20-21-22-23-24-25-27-30-33-36-39-43-47-51-55-59-65(70)64(63-69)68-66(71)60-56-52-48-44-40-37-34-31-28-26-29-32-35-38-42-46-50-54-58-62-73-67(72)61-57-53-49-45-41-16-14-12-10-8-6-4-2/h32,35,38,42,55,59,64-65,69-70H,3-31,33-34,36-37,39-41,43-54,56-58,60-63H2,1-2H3,(H,68,71)/b35-32-,42-38-,59-55+. The molecular weight excluding hydrogens is 899 g/mol. The van der Waals surface area contributed by atoms with E-state index in [-0.39, 0.29) is 18.5 Å². The highest BCUT2D eigenvalue weighted by molar-refractivity contribution is 5.76. The van der Waals surface area contributed by atoms with E-state index in [9.17, 15) is 19.8 Å². The zero-order valence-corrected chi connectivity index (χ0v) is 49.1. The van der Waals surface area contributed by atoms with Crippen molar-refractivity contribution in [3.63, 3.8) is 0 Å². The van der Waals surface area contributed by atoms with Crippen LogP contribution in [0.4, 0.5) is 0 Å². The van der Waals surface area contributed by atoms with Crippen LogP contribution >= 0.6 is 0 Å². The third-order valence-electron chi connectivity index (χ3n) is 15.2. The molecule has 1 amide bonds. The van der Waals surface area contributed by atoms with E-state index in [1.54, 1.807) is 6.08 Å². The molecule has 6 heteroatoms. The van der Waals surface area contributed by atoms with Crippen LogP contribution in [-0.2, 0) is 14.3 Å². The number of esters is 1. The number of hydrogen-bond acceptors (Lipinski definition) is 5. The fraction of sp³-hybridized carbons (Fsp3) is 0.881. The third-order valence-corrected chi connectivity index (χ3v) is 15.2. The first kappa shape index (κ1) is 71.1. The second kappa shape index (κ2) is 62.6. The molecule has 0 radical (unpaired) electrons. The van der Waals surface area contributed by atoms with Crippen molar-refractivity contribution in [2.45, 2.75) is 366 Å². The number of hydrogen-bond donors (Lipinski definition) is 3. The SMILES string of the molecule is CCCCCCCCCCCCCCCCCCCCCCCCC/C=C/C(O)C(CO)NC(=O)CCCCCCCCCCCC/C=C\C=C/CCCCCOC(=O)CCCCCCCCCCCCCC. The van der Waals surface area contributed by atoms with Crippen molar-refractivity contribution in [2.75, 3.05) is 13.2 Å². The van der Waals surface area contributed by atoms with Gasteiger partial charge in [0, 0.05) is 12.8 Å². The summed E-state index contributed by atoms with van der Waals surface area (Å²) in [5.41, 5.74) is 0. The van der Waals surface area contributed by atoms with E-state index in [0.29, 0.717) is 19.4 Å². The first-order valence-corrected chi connectivity index (χ1v) is 32.8. The summed E-state index contributed by atoms with van der Waals surface area (Å²) >= 11 is 0. The topological polar surface area (TPSA) is 95.9 Å². The number of carbonyl (C=O) groups excluding carboxylic acids is 2. The van der Waals surface area contributed by atoms with Crippen LogP contribution in [0.25, 0.3) is 0 Å². The molecule has 0 aliphatic rings.